The molecule has 31 heavy (non-hydrogen) atoms. The van der Waals surface area contributed by atoms with Crippen LogP contribution < -0.4 is 0 Å². The molecular formula is C30H39N. The molecule has 3 rings (SSSR count). The molecule has 3 aromatic carbocycles. The van der Waals surface area contributed by atoms with Gasteiger partial charge in [-0.2, -0.15) is 0 Å². The lowest BCUT2D eigenvalue weighted by Gasteiger charge is -2.27. The van der Waals surface area contributed by atoms with E-state index in [9.17, 15) is 0 Å². The van der Waals surface area contributed by atoms with E-state index >= 15 is 0 Å². The SMILES string of the molecule is CC(CCN(CCC(C)c1ccccc1)CCC(C)c1ccccc1)c1ccccc1. The van der Waals surface area contributed by atoms with Gasteiger partial charge in [0, 0.05) is 0 Å². The van der Waals surface area contributed by atoms with E-state index in [1.807, 2.05) is 0 Å². The van der Waals surface area contributed by atoms with Crippen LogP contribution in [0.2, 0.25) is 0 Å². The second kappa shape index (κ2) is 12.5. The van der Waals surface area contributed by atoms with Gasteiger partial charge in [-0.1, -0.05) is 112 Å². The second-order valence-electron chi connectivity index (χ2n) is 9.14. The minimum atomic E-state index is 0.599. The highest BCUT2D eigenvalue weighted by Gasteiger charge is 2.14. The number of nitrogens with zero attached hydrogens (tertiary/aromatic N) is 1. The van der Waals surface area contributed by atoms with Gasteiger partial charge in [-0.15, -0.1) is 0 Å². The molecule has 0 aliphatic heterocycles. The van der Waals surface area contributed by atoms with E-state index in [-0.39, 0.29) is 0 Å². The molecule has 0 heterocycles. The van der Waals surface area contributed by atoms with E-state index in [4.69, 9.17) is 0 Å². The van der Waals surface area contributed by atoms with Crippen LogP contribution >= 0.6 is 0 Å². The van der Waals surface area contributed by atoms with Crippen molar-refractivity contribution in [3.8, 4) is 0 Å². The van der Waals surface area contributed by atoms with E-state index in [1.54, 1.807) is 0 Å². The lowest BCUT2D eigenvalue weighted by Crippen LogP contribution is -2.29. The Balaban J connectivity index is 1.57. The van der Waals surface area contributed by atoms with Crippen molar-refractivity contribution in [1.29, 1.82) is 0 Å². The van der Waals surface area contributed by atoms with E-state index in [0.717, 1.165) is 0 Å². The molecule has 3 atom stereocenters. The highest BCUT2D eigenvalue weighted by Crippen LogP contribution is 2.23. The van der Waals surface area contributed by atoms with Gasteiger partial charge in [-0.05, 0) is 73.3 Å². The summed E-state index contributed by atoms with van der Waals surface area (Å²) in [6.45, 7) is 10.6. The summed E-state index contributed by atoms with van der Waals surface area (Å²) in [6, 6.07) is 32.9. The molecule has 0 radical (unpaired) electrons. The summed E-state index contributed by atoms with van der Waals surface area (Å²) in [5.74, 6) is 1.80. The molecule has 0 N–H and O–H groups in total. The molecule has 0 aliphatic carbocycles. The molecular weight excluding hydrogens is 374 g/mol. The summed E-state index contributed by atoms with van der Waals surface area (Å²) in [5, 5.41) is 0. The number of hydrogen-bond donors (Lipinski definition) is 0. The fourth-order valence-electron chi connectivity index (χ4n) is 4.31. The standard InChI is InChI=1S/C30H39N/c1-25(28-13-7-4-8-14-28)19-22-31(23-20-26(2)29-15-9-5-10-16-29)24-21-27(3)30-17-11-6-12-18-30/h4-18,25-27H,19-24H2,1-3H3. The number of rotatable bonds is 12. The van der Waals surface area contributed by atoms with Gasteiger partial charge >= 0.3 is 0 Å². The van der Waals surface area contributed by atoms with Crippen LogP contribution in [-0.2, 0) is 0 Å². The maximum Gasteiger partial charge on any atom is -0.00130 e. The maximum absolute atomic E-state index is 2.71. The molecule has 0 fully saturated rings. The van der Waals surface area contributed by atoms with Crippen LogP contribution in [0.3, 0.4) is 0 Å². The smallest absolute Gasteiger partial charge is 0.00130 e. The third-order valence-corrected chi connectivity index (χ3v) is 6.74. The van der Waals surface area contributed by atoms with Gasteiger partial charge in [0.15, 0.2) is 0 Å². The van der Waals surface area contributed by atoms with Crippen molar-refractivity contribution in [2.24, 2.45) is 0 Å². The molecule has 1 nitrogen and oxygen atoms in total. The predicted molar refractivity (Wildman–Crippen MR) is 135 cm³/mol. The molecule has 0 spiro atoms. The first-order chi connectivity index (χ1) is 15.1. The molecule has 0 amide bonds. The summed E-state index contributed by atoms with van der Waals surface area (Å²) < 4.78 is 0. The van der Waals surface area contributed by atoms with Crippen LogP contribution in [0.4, 0.5) is 0 Å². The molecule has 0 saturated carbocycles. The van der Waals surface area contributed by atoms with Gasteiger partial charge in [-0.3, -0.25) is 0 Å². The monoisotopic (exact) mass is 413 g/mol. The van der Waals surface area contributed by atoms with Crippen molar-refractivity contribution in [3.05, 3.63) is 108 Å². The van der Waals surface area contributed by atoms with Crippen LogP contribution in [0.5, 0.6) is 0 Å². The Labute approximate surface area is 190 Å². The fourth-order valence-corrected chi connectivity index (χ4v) is 4.31. The Hall–Kier alpha value is -2.38. The zero-order valence-electron chi connectivity index (χ0n) is 19.6. The minimum Gasteiger partial charge on any atom is -0.303 e. The summed E-state index contributed by atoms with van der Waals surface area (Å²) in [6.07, 6.45) is 3.64. The third-order valence-electron chi connectivity index (χ3n) is 6.74. The second-order valence-corrected chi connectivity index (χ2v) is 9.14. The Kier molecular flexibility index (Phi) is 9.37. The Morgan fingerprint density at radius 2 is 0.710 bits per heavy atom. The first-order valence-electron chi connectivity index (χ1n) is 12.0. The first-order valence-corrected chi connectivity index (χ1v) is 12.0. The van der Waals surface area contributed by atoms with Gasteiger partial charge < -0.3 is 4.90 Å². The quantitative estimate of drug-likeness (QED) is 0.292. The van der Waals surface area contributed by atoms with E-state index < -0.39 is 0 Å². The maximum atomic E-state index is 2.71. The van der Waals surface area contributed by atoms with Crippen molar-refractivity contribution < 1.29 is 0 Å². The van der Waals surface area contributed by atoms with Crippen molar-refractivity contribution in [2.75, 3.05) is 19.6 Å². The largest absolute Gasteiger partial charge is 0.303 e. The molecule has 1 heteroatoms. The highest BCUT2D eigenvalue weighted by atomic mass is 15.1. The summed E-state index contributed by atoms with van der Waals surface area (Å²) in [7, 11) is 0. The zero-order valence-corrected chi connectivity index (χ0v) is 19.6. The lowest BCUT2D eigenvalue weighted by atomic mass is 9.95. The van der Waals surface area contributed by atoms with Crippen molar-refractivity contribution in [3.63, 3.8) is 0 Å². The van der Waals surface area contributed by atoms with Crippen LogP contribution in [-0.4, -0.2) is 24.5 Å². The third kappa shape index (κ3) is 7.67. The normalized spacial score (nSPS) is 14.3. The van der Waals surface area contributed by atoms with Gasteiger partial charge in [0.1, 0.15) is 0 Å². The lowest BCUT2D eigenvalue weighted by molar-refractivity contribution is 0.247. The molecule has 0 bridgehead atoms. The van der Waals surface area contributed by atoms with Crippen LogP contribution in [0.15, 0.2) is 91.0 Å². The molecule has 164 valence electrons. The van der Waals surface area contributed by atoms with Crippen molar-refractivity contribution in [2.45, 2.75) is 57.8 Å². The van der Waals surface area contributed by atoms with Crippen LogP contribution in [0, 0.1) is 0 Å². The molecule has 3 aromatic rings. The van der Waals surface area contributed by atoms with E-state index in [2.05, 4.69) is 117 Å². The average molecular weight is 414 g/mol. The first kappa shape index (κ1) is 23.3. The van der Waals surface area contributed by atoms with Gasteiger partial charge in [-0.25, -0.2) is 0 Å². The minimum absolute atomic E-state index is 0.599. The topological polar surface area (TPSA) is 3.24 Å². The number of hydrogen-bond acceptors (Lipinski definition) is 1. The summed E-state index contributed by atoms with van der Waals surface area (Å²) in [4.78, 5) is 2.71. The Morgan fingerprint density at radius 3 is 0.968 bits per heavy atom. The number of benzene rings is 3. The molecule has 0 aliphatic rings. The average Bonchev–Trinajstić information content (AvgIpc) is 2.84. The van der Waals surface area contributed by atoms with Gasteiger partial charge in [0.05, 0.1) is 0 Å². The van der Waals surface area contributed by atoms with E-state index in [1.165, 1.54) is 55.6 Å². The Morgan fingerprint density at radius 1 is 0.452 bits per heavy atom. The highest BCUT2D eigenvalue weighted by molar-refractivity contribution is 5.20. The van der Waals surface area contributed by atoms with Crippen molar-refractivity contribution in [1.82, 2.24) is 4.90 Å². The van der Waals surface area contributed by atoms with Gasteiger partial charge in [0.25, 0.3) is 0 Å². The van der Waals surface area contributed by atoms with Crippen molar-refractivity contribution >= 4 is 0 Å². The molecule has 3 unspecified atom stereocenters. The Bertz CT molecular complexity index is 726. The summed E-state index contributed by atoms with van der Waals surface area (Å²) >= 11 is 0. The van der Waals surface area contributed by atoms with E-state index in [0.29, 0.717) is 17.8 Å². The van der Waals surface area contributed by atoms with Crippen LogP contribution in [0.1, 0.15) is 74.5 Å². The van der Waals surface area contributed by atoms with Crippen LogP contribution in [0.25, 0.3) is 0 Å². The zero-order chi connectivity index (χ0) is 21.9. The molecule has 0 saturated heterocycles. The summed E-state index contributed by atoms with van der Waals surface area (Å²) in [5.41, 5.74) is 4.37. The molecule has 0 aromatic heterocycles. The fraction of sp³-hybridized carbons (Fsp3) is 0.400. The van der Waals surface area contributed by atoms with Gasteiger partial charge in [0.2, 0.25) is 0 Å². The predicted octanol–water partition coefficient (Wildman–Crippen LogP) is 7.87.